The van der Waals surface area contributed by atoms with E-state index < -0.39 is 0 Å². The molecule has 0 unspecified atom stereocenters. The highest BCUT2D eigenvalue weighted by molar-refractivity contribution is 5.83. The number of benzene rings is 1. The third-order valence-corrected chi connectivity index (χ3v) is 2.78. The van der Waals surface area contributed by atoms with Crippen LogP contribution >= 0.6 is 0 Å². The van der Waals surface area contributed by atoms with Crippen LogP contribution in [0.25, 0.3) is 0 Å². The topological polar surface area (TPSA) is 72.6 Å². The lowest BCUT2D eigenvalue weighted by molar-refractivity contribution is -0.148. The lowest BCUT2D eigenvalue weighted by Crippen LogP contribution is -2.38. The van der Waals surface area contributed by atoms with Crippen LogP contribution in [0.2, 0.25) is 0 Å². The highest BCUT2D eigenvalue weighted by Gasteiger charge is 2.17. The molecule has 0 aromatic heterocycles. The van der Waals surface area contributed by atoms with Crippen LogP contribution in [-0.2, 0) is 20.7 Å². The Morgan fingerprint density at radius 2 is 2.05 bits per heavy atom. The molecule has 0 fully saturated rings. The van der Waals surface area contributed by atoms with Gasteiger partial charge >= 0.3 is 5.97 Å². The summed E-state index contributed by atoms with van der Waals surface area (Å²) in [5.74, 6) is -0.465. The van der Waals surface area contributed by atoms with E-state index in [2.05, 4.69) is 0 Å². The minimum Gasteiger partial charge on any atom is -0.465 e. The van der Waals surface area contributed by atoms with Crippen LogP contribution in [0.1, 0.15) is 25.8 Å². The third-order valence-electron chi connectivity index (χ3n) is 2.78. The maximum Gasteiger partial charge on any atom is 0.325 e. The number of carbonyl (C=O) groups is 2. The molecule has 0 heterocycles. The summed E-state index contributed by atoms with van der Waals surface area (Å²) >= 11 is 0. The van der Waals surface area contributed by atoms with E-state index in [-0.39, 0.29) is 24.8 Å². The lowest BCUT2D eigenvalue weighted by atomic mass is 10.1. The molecule has 110 valence electrons. The molecule has 5 nitrogen and oxygen atoms in total. The van der Waals surface area contributed by atoms with Gasteiger partial charge in [0.05, 0.1) is 13.0 Å². The van der Waals surface area contributed by atoms with E-state index in [1.807, 2.05) is 19.1 Å². The lowest BCUT2D eigenvalue weighted by Gasteiger charge is -2.21. The normalized spacial score (nSPS) is 10.1. The summed E-state index contributed by atoms with van der Waals surface area (Å²) in [6.45, 7) is 4.58. The fourth-order valence-corrected chi connectivity index (χ4v) is 1.91. The Bertz CT molecular complexity index is 460. The van der Waals surface area contributed by atoms with E-state index in [1.165, 1.54) is 4.90 Å². The second-order valence-corrected chi connectivity index (χ2v) is 4.54. The fraction of sp³-hybridized carbons (Fsp3) is 0.467. The number of amides is 1. The quantitative estimate of drug-likeness (QED) is 0.607. The number of hydrogen-bond acceptors (Lipinski definition) is 4. The predicted molar refractivity (Wildman–Crippen MR) is 78.1 cm³/mol. The predicted octanol–water partition coefficient (Wildman–Crippen LogP) is 1.61. The molecule has 2 N–H and O–H groups in total. The van der Waals surface area contributed by atoms with Gasteiger partial charge in [0.1, 0.15) is 6.54 Å². The Hall–Kier alpha value is -2.04. The van der Waals surface area contributed by atoms with E-state index in [4.69, 9.17) is 10.5 Å². The molecule has 0 atom stereocenters. The molecule has 1 aromatic carbocycles. The van der Waals surface area contributed by atoms with Gasteiger partial charge in [-0.15, -0.1) is 0 Å². The smallest absolute Gasteiger partial charge is 0.325 e. The van der Waals surface area contributed by atoms with Crippen LogP contribution in [-0.4, -0.2) is 36.5 Å². The van der Waals surface area contributed by atoms with Gasteiger partial charge in [-0.25, -0.2) is 0 Å². The van der Waals surface area contributed by atoms with Gasteiger partial charge in [0.15, 0.2) is 0 Å². The van der Waals surface area contributed by atoms with Crippen LogP contribution in [0.3, 0.4) is 0 Å². The first-order valence-corrected chi connectivity index (χ1v) is 6.84. The Morgan fingerprint density at radius 1 is 1.30 bits per heavy atom. The van der Waals surface area contributed by atoms with Crippen molar-refractivity contribution in [1.29, 1.82) is 0 Å². The molecule has 0 aliphatic heterocycles. The number of nitrogens with two attached hydrogens (primary N) is 1. The molecule has 0 saturated heterocycles. The molecule has 1 aromatic rings. The zero-order chi connectivity index (χ0) is 15.0. The zero-order valence-electron chi connectivity index (χ0n) is 12.1. The van der Waals surface area contributed by atoms with Gasteiger partial charge in [0.2, 0.25) is 5.91 Å². The van der Waals surface area contributed by atoms with Crippen molar-refractivity contribution in [1.82, 2.24) is 4.90 Å². The van der Waals surface area contributed by atoms with Gasteiger partial charge in [-0.3, -0.25) is 9.59 Å². The molecule has 1 amide bonds. The standard InChI is InChI=1S/C15H22N2O3/c1-3-8-17(11-15(19)20-4-2)14(18)10-12-6-5-7-13(16)9-12/h5-7,9H,3-4,8,10-11,16H2,1-2H3. The van der Waals surface area contributed by atoms with Crippen LogP contribution in [0, 0.1) is 0 Å². The second-order valence-electron chi connectivity index (χ2n) is 4.54. The van der Waals surface area contributed by atoms with Gasteiger partial charge in [0.25, 0.3) is 0 Å². The van der Waals surface area contributed by atoms with Crippen molar-refractivity contribution < 1.29 is 14.3 Å². The van der Waals surface area contributed by atoms with Crippen molar-refractivity contribution >= 4 is 17.6 Å². The Balaban J connectivity index is 2.66. The molecule has 0 saturated carbocycles. The largest absolute Gasteiger partial charge is 0.465 e. The summed E-state index contributed by atoms with van der Waals surface area (Å²) in [6.07, 6.45) is 1.03. The number of esters is 1. The summed E-state index contributed by atoms with van der Waals surface area (Å²) in [6, 6.07) is 7.21. The van der Waals surface area contributed by atoms with Gasteiger partial charge in [-0.2, -0.15) is 0 Å². The summed E-state index contributed by atoms with van der Waals surface area (Å²) in [4.78, 5) is 25.3. The van der Waals surface area contributed by atoms with E-state index >= 15 is 0 Å². The first-order valence-electron chi connectivity index (χ1n) is 6.84. The van der Waals surface area contributed by atoms with Crippen LogP contribution in [0.15, 0.2) is 24.3 Å². The van der Waals surface area contributed by atoms with Crippen molar-refractivity contribution in [3.63, 3.8) is 0 Å². The zero-order valence-corrected chi connectivity index (χ0v) is 12.1. The highest BCUT2D eigenvalue weighted by atomic mass is 16.5. The summed E-state index contributed by atoms with van der Waals surface area (Å²) in [5.41, 5.74) is 7.17. The van der Waals surface area contributed by atoms with Gasteiger partial charge < -0.3 is 15.4 Å². The molecule has 0 radical (unpaired) electrons. The maximum absolute atomic E-state index is 12.2. The van der Waals surface area contributed by atoms with E-state index in [1.54, 1.807) is 19.1 Å². The van der Waals surface area contributed by atoms with Crippen molar-refractivity contribution in [3.05, 3.63) is 29.8 Å². The average Bonchev–Trinajstić information content (AvgIpc) is 2.38. The summed E-state index contributed by atoms with van der Waals surface area (Å²) in [5, 5.41) is 0. The molecular formula is C15H22N2O3. The minimum absolute atomic E-state index is 0.00281. The number of ether oxygens (including phenoxy) is 1. The number of hydrogen-bond donors (Lipinski definition) is 1. The summed E-state index contributed by atoms with van der Waals surface area (Å²) < 4.78 is 4.89. The minimum atomic E-state index is -0.373. The van der Waals surface area contributed by atoms with E-state index in [0.29, 0.717) is 18.8 Å². The molecule has 0 spiro atoms. The van der Waals surface area contributed by atoms with Crippen LogP contribution < -0.4 is 5.73 Å². The number of rotatable bonds is 7. The monoisotopic (exact) mass is 278 g/mol. The molecule has 0 bridgehead atoms. The van der Waals surface area contributed by atoms with Crippen molar-refractivity contribution in [2.24, 2.45) is 0 Å². The molecule has 1 rings (SSSR count). The van der Waals surface area contributed by atoms with Crippen LogP contribution in [0.5, 0.6) is 0 Å². The van der Waals surface area contributed by atoms with Crippen molar-refractivity contribution in [3.8, 4) is 0 Å². The number of carbonyl (C=O) groups excluding carboxylic acids is 2. The molecule has 0 aliphatic carbocycles. The maximum atomic E-state index is 12.2. The van der Waals surface area contributed by atoms with Gasteiger partial charge in [-0.1, -0.05) is 19.1 Å². The first kappa shape index (κ1) is 16.0. The first-order chi connectivity index (χ1) is 9.56. The highest BCUT2D eigenvalue weighted by Crippen LogP contribution is 2.09. The average molecular weight is 278 g/mol. The van der Waals surface area contributed by atoms with Crippen LogP contribution in [0.4, 0.5) is 5.69 Å². The van der Waals surface area contributed by atoms with Gasteiger partial charge in [0, 0.05) is 12.2 Å². The summed E-state index contributed by atoms with van der Waals surface area (Å²) in [7, 11) is 0. The number of nitrogen functional groups attached to an aromatic ring is 1. The molecule has 0 aliphatic rings. The fourth-order valence-electron chi connectivity index (χ4n) is 1.91. The molecule has 5 heteroatoms. The Kier molecular flexibility index (Phi) is 6.56. The third kappa shape index (κ3) is 5.30. The Labute approximate surface area is 119 Å². The van der Waals surface area contributed by atoms with Gasteiger partial charge in [-0.05, 0) is 31.0 Å². The van der Waals surface area contributed by atoms with Crippen molar-refractivity contribution in [2.75, 3.05) is 25.4 Å². The Morgan fingerprint density at radius 3 is 2.65 bits per heavy atom. The van der Waals surface area contributed by atoms with Crippen molar-refractivity contribution in [2.45, 2.75) is 26.7 Å². The molecular weight excluding hydrogens is 256 g/mol. The molecule has 20 heavy (non-hydrogen) atoms. The number of anilines is 1. The number of nitrogens with zero attached hydrogens (tertiary/aromatic N) is 1. The van der Waals surface area contributed by atoms with E-state index in [9.17, 15) is 9.59 Å². The second kappa shape index (κ2) is 8.19. The van der Waals surface area contributed by atoms with E-state index in [0.717, 1.165) is 12.0 Å². The SMILES string of the molecule is CCCN(CC(=O)OCC)C(=O)Cc1cccc(N)c1.